The third-order valence-corrected chi connectivity index (χ3v) is 6.49. The van der Waals surface area contributed by atoms with Crippen molar-refractivity contribution in [2.75, 3.05) is 18.4 Å². The topological polar surface area (TPSA) is 86.8 Å². The van der Waals surface area contributed by atoms with E-state index in [4.69, 9.17) is 23.2 Å². The normalized spacial score (nSPS) is 15.2. The summed E-state index contributed by atoms with van der Waals surface area (Å²) in [5.74, 6) is 1.28. The number of H-pyrrole nitrogens is 1. The number of amides is 1. The van der Waals surface area contributed by atoms with Crippen LogP contribution in [0.4, 0.5) is 5.82 Å². The van der Waals surface area contributed by atoms with E-state index in [0.717, 1.165) is 35.1 Å². The summed E-state index contributed by atoms with van der Waals surface area (Å²) in [6.45, 7) is 7.30. The van der Waals surface area contributed by atoms with Crippen LogP contribution < -0.4 is 5.32 Å². The van der Waals surface area contributed by atoms with E-state index in [9.17, 15) is 4.79 Å². The van der Waals surface area contributed by atoms with Crippen LogP contribution in [-0.4, -0.2) is 43.8 Å². The second-order valence-corrected chi connectivity index (χ2v) is 9.11. The van der Waals surface area contributed by atoms with Crippen LogP contribution in [0.25, 0.3) is 21.9 Å². The van der Waals surface area contributed by atoms with Crippen molar-refractivity contribution in [3.8, 4) is 0 Å². The van der Waals surface area contributed by atoms with Crippen LogP contribution in [-0.2, 0) is 0 Å². The van der Waals surface area contributed by atoms with Crippen molar-refractivity contribution in [3.05, 3.63) is 70.2 Å². The number of carbonyl (C=O) groups is 1. The molecule has 2 N–H and O–H groups in total. The number of hydrogen-bond donors (Lipinski definition) is 2. The van der Waals surface area contributed by atoms with E-state index >= 15 is 0 Å². The predicted octanol–water partition coefficient (Wildman–Crippen LogP) is 5.78. The van der Waals surface area contributed by atoms with Crippen molar-refractivity contribution in [1.82, 2.24) is 24.8 Å². The van der Waals surface area contributed by atoms with Crippen LogP contribution in [0.5, 0.6) is 0 Å². The van der Waals surface area contributed by atoms with Gasteiger partial charge in [-0.2, -0.15) is 0 Å². The molecule has 1 amide bonds. The molecule has 1 aliphatic heterocycles. The Labute approximate surface area is 200 Å². The fourth-order valence-electron chi connectivity index (χ4n) is 4.03. The largest absolute Gasteiger partial charge is 0.360 e. The molecule has 0 saturated carbocycles. The zero-order chi connectivity index (χ0) is 23.1. The highest BCUT2D eigenvalue weighted by molar-refractivity contribution is 6.35. The Bertz CT molecular complexity index is 1390. The SMILES string of the molecule is C=C1CCN(C(=O)c2cc3ncnc(NC(C)c4nc5ccc(Cl)cc5[nH]4)c3cc2Cl)CC1. The second kappa shape index (κ2) is 8.65. The molecular formula is C24H22Cl2N6O. The monoisotopic (exact) mass is 480 g/mol. The molecule has 1 aliphatic rings. The van der Waals surface area contributed by atoms with Crippen LogP contribution in [0.3, 0.4) is 0 Å². The first kappa shape index (κ1) is 21.7. The molecule has 7 nitrogen and oxygen atoms in total. The van der Waals surface area contributed by atoms with Gasteiger partial charge in [-0.1, -0.05) is 35.4 Å². The molecule has 0 spiro atoms. The van der Waals surface area contributed by atoms with E-state index < -0.39 is 0 Å². The van der Waals surface area contributed by atoms with Gasteiger partial charge >= 0.3 is 0 Å². The third kappa shape index (κ3) is 4.26. The summed E-state index contributed by atoms with van der Waals surface area (Å²) in [6.07, 6.45) is 3.11. The fourth-order valence-corrected chi connectivity index (χ4v) is 4.45. The lowest BCUT2D eigenvalue weighted by molar-refractivity contribution is 0.0744. The summed E-state index contributed by atoms with van der Waals surface area (Å²) in [4.78, 5) is 31.6. The Morgan fingerprint density at radius 1 is 1.15 bits per heavy atom. The molecule has 2 aromatic heterocycles. The first-order valence-electron chi connectivity index (χ1n) is 10.7. The van der Waals surface area contributed by atoms with Crippen molar-refractivity contribution in [1.29, 1.82) is 0 Å². The molecule has 1 unspecified atom stereocenters. The second-order valence-electron chi connectivity index (χ2n) is 8.26. The summed E-state index contributed by atoms with van der Waals surface area (Å²) < 4.78 is 0. The standard InChI is InChI=1S/C24H22Cl2N6O/c1-13-5-7-32(8-6-13)24(33)16-11-20-17(10-18(16)26)23(28-12-27-20)29-14(2)22-30-19-4-3-15(25)9-21(19)31-22/h3-4,9-12,14H,1,5-8H2,2H3,(H,30,31)(H,27,28,29). The average Bonchev–Trinajstić information content (AvgIpc) is 3.22. The molecule has 0 aliphatic carbocycles. The minimum absolute atomic E-state index is 0.0863. The van der Waals surface area contributed by atoms with Crippen LogP contribution >= 0.6 is 23.2 Å². The van der Waals surface area contributed by atoms with Gasteiger partial charge in [0.1, 0.15) is 18.0 Å². The summed E-state index contributed by atoms with van der Waals surface area (Å²) in [5.41, 5.74) is 3.97. The van der Waals surface area contributed by atoms with Gasteiger partial charge in [0.05, 0.1) is 33.2 Å². The molecule has 1 atom stereocenters. The summed E-state index contributed by atoms with van der Waals surface area (Å²) >= 11 is 12.6. The lowest BCUT2D eigenvalue weighted by Gasteiger charge is -2.28. The van der Waals surface area contributed by atoms with Gasteiger partial charge in [-0.3, -0.25) is 4.79 Å². The molecule has 4 aromatic rings. The fraction of sp³-hybridized carbons (Fsp3) is 0.250. The number of aromatic amines is 1. The number of aromatic nitrogens is 4. The number of likely N-dealkylation sites (tertiary alicyclic amines) is 1. The Morgan fingerprint density at radius 3 is 2.73 bits per heavy atom. The molecular weight excluding hydrogens is 459 g/mol. The molecule has 9 heteroatoms. The molecule has 0 radical (unpaired) electrons. The maximum atomic E-state index is 13.1. The van der Waals surface area contributed by atoms with E-state index in [1.807, 2.05) is 30.0 Å². The number of carbonyl (C=O) groups excluding carboxylic acids is 1. The Balaban J connectivity index is 1.43. The highest BCUT2D eigenvalue weighted by Crippen LogP contribution is 2.30. The molecule has 33 heavy (non-hydrogen) atoms. The predicted molar refractivity (Wildman–Crippen MR) is 132 cm³/mol. The van der Waals surface area contributed by atoms with Crippen LogP contribution in [0, 0.1) is 0 Å². The minimum Gasteiger partial charge on any atom is -0.360 e. The molecule has 2 aromatic carbocycles. The first-order valence-corrected chi connectivity index (χ1v) is 11.5. The summed E-state index contributed by atoms with van der Waals surface area (Å²) in [6, 6.07) is 8.85. The number of benzene rings is 2. The minimum atomic E-state index is -0.171. The smallest absolute Gasteiger partial charge is 0.255 e. The van der Waals surface area contributed by atoms with Gasteiger partial charge in [0, 0.05) is 23.5 Å². The summed E-state index contributed by atoms with van der Waals surface area (Å²) in [7, 11) is 0. The zero-order valence-electron chi connectivity index (χ0n) is 18.0. The average molecular weight is 481 g/mol. The van der Waals surface area contributed by atoms with Crippen LogP contribution in [0.1, 0.15) is 42.0 Å². The Hall–Kier alpha value is -3.16. The van der Waals surface area contributed by atoms with Crippen molar-refractivity contribution in [3.63, 3.8) is 0 Å². The zero-order valence-corrected chi connectivity index (χ0v) is 19.5. The number of rotatable bonds is 4. The maximum Gasteiger partial charge on any atom is 0.255 e. The number of fused-ring (bicyclic) bond motifs is 2. The van der Waals surface area contributed by atoms with E-state index in [1.54, 1.807) is 12.1 Å². The van der Waals surface area contributed by atoms with Crippen LogP contribution in [0.15, 0.2) is 48.8 Å². The molecule has 1 saturated heterocycles. The molecule has 0 bridgehead atoms. The van der Waals surface area contributed by atoms with Gasteiger partial charge < -0.3 is 15.2 Å². The lowest BCUT2D eigenvalue weighted by Crippen LogP contribution is -2.36. The molecule has 168 valence electrons. The van der Waals surface area contributed by atoms with E-state index in [2.05, 4.69) is 31.8 Å². The number of halogens is 2. The number of nitrogens with one attached hydrogen (secondary N) is 2. The van der Waals surface area contributed by atoms with Gasteiger partial charge in [-0.05, 0) is 50.1 Å². The van der Waals surface area contributed by atoms with Crippen molar-refractivity contribution < 1.29 is 4.79 Å². The number of piperidine rings is 1. The first-order chi connectivity index (χ1) is 15.9. The Kier molecular flexibility index (Phi) is 5.68. The van der Waals surface area contributed by atoms with E-state index in [0.29, 0.717) is 40.0 Å². The van der Waals surface area contributed by atoms with Crippen LogP contribution in [0.2, 0.25) is 10.0 Å². The molecule has 3 heterocycles. The quantitative estimate of drug-likeness (QED) is 0.361. The van der Waals surface area contributed by atoms with Crippen molar-refractivity contribution in [2.24, 2.45) is 0 Å². The molecule has 5 rings (SSSR count). The number of hydrogen-bond acceptors (Lipinski definition) is 5. The lowest BCUT2D eigenvalue weighted by atomic mass is 10.0. The number of anilines is 1. The van der Waals surface area contributed by atoms with Crippen molar-refractivity contribution >= 4 is 56.9 Å². The van der Waals surface area contributed by atoms with Gasteiger partial charge in [0.25, 0.3) is 5.91 Å². The third-order valence-electron chi connectivity index (χ3n) is 5.94. The summed E-state index contributed by atoms with van der Waals surface area (Å²) in [5, 5.41) is 5.14. The van der Waals surface area contributed by atoms with E-state index in [-0.39, 0.29) is 11.9 Å². The van der Waals surface area contributed by atoms with Crippen molar-refractivity contribution in [2.45, 2.75) is 25.8 Å². The maximum absolute atomic E-state index is 13.1. The molecule has 1 fully saturated rings. The number of nitrogens with zero attached hydrogens (tertiary/aromatic N) is 4. The highest BCUT2D eigenvalue weighted by atomic mass is 35.5. The highest BCUT2D eigenvalue weighted by Gasteiger charge is 2.23. The van der Waals surface area contributed by atoms with Gasteiger partial charge in [0.2, 0.25) is 0 Å². The Morgan fingerprint density at radius 2 is 1.94 bits per heavy atom. The number of imidazole rings is 1. The van der Waals surface area contributed by atoms with Gasteiger partial charge in [-0.15, -0.1) is 0 Å². The van der Waals surface area contributed by atoms with Gasteiger partial charge in [0.15, 0.2) is 0 Å². The van der Waals surface area contributed by atoms with E-state index in [1.165, 1.54) is 11.9 Å². The van der Waals surface area contributed by atoms with Gasteiger partial charge in [-0.25, -0.2) is 15.0 Å².